The summed E-state index contributed by atoms with van der Waals surface area (Å²) in [7, 11) is -2.21. The molecule has 0 unspecified atom stereocenters. The third kappa shape index (κ3) is 3.61. The summed E-state index contributed by atoms with van der Waals surface area (Å²) in [6.45, 7) is 4.60. The molecular weight excluding hydrogens is 230 g/mol. The maximum Gasteiger partial charge on any atom is 0.267 e. The van der Waals surface area contributed by atoms with Crippen LogP contribution in [0.3, 0.4) is 0 Å². The van der Waals surface area contributed by atoms with Crippen molar-refractivity contribution in [2.24, 2.45) is 5.92 Å². The minimum atomic E-state index is -3.39. The Bertz CT molecular complexity index is 355. The van der Waals surface area contributed by atoms with Crippen molar-refractivity contribution in [1.82, 2.24) is 4.90 Å². The number of likely N-dealkylation sites (tertiary alicyclic amines) is 1. The molecule has 16 heavy (non-hydrogen) atoms. The average molecular weight is 247 g/mol. The van der Waals surface area contributed by atoms with Crippen LogP contribution in [0, 0.1) is 5.92 Å². The Labute approximate surface area is 96.2 Å². The first kappa shape index (κ1) is 13.2. The molecule has 0 aromatic heterocycles. The van der Waals surface area contributed by atoms with Crippen molar-refractivity contribution in [3.8, 4) is 0 Å². The van der Waals surface area contributed by atoms with Gasteiger partial charge in [-0.3, -0.25) is 8.98 Å². The van der Waals surface area contributed by atoms with Gasteiger partial charge in [0.1, 0.15) is 0 Å². The molecule has 0 aliphatic carbocycles. The van der Waals surface area contributed by atoms with Gasteiger partial charge in [-0.15, -0.1) is 0 Å². The van der Waals surface area contributed by atoms with Crippen molar-refractivity contribution >= 4 is 16.0 Å². The standard InChI is InChI=1S/C10H17NO4S/c1-3-10(12)11-6-4-9(5-7-11)8-16(13,14)15-2/h3,9H,1,4-8H2,2H3. The number of carbonyl (C=O) groups excluding carboxylic acids is 1. The molecule has 1 rings (SSSR count). The van der Waals surface area contributed by atoms with E-state index in [-0.39, 0.29) is 17.6 Å². The van der Waals surface area contributed by atoms with Crippen LogP contribution in [0.2, 0.25) is 0 Å². The summed E-state index contributed by atoms with van der Waals surface area (Å²) < 4.78 is 26.9. The van der Waals surface area contributed by atoms with Gasteiger partial charge in [0.2, 0.25) is 5.91 Å². The summed E-state index contributed by atoms with van der Waals surface area (Å²) in [4.78, 5) is 13.0. The largest absolute Gasteiger partial charge is 0.339 e. The Kier molecular flexibility index (Phi) is 4.49. The van der Waals surface area contributed by atoms with Gasteiger partial charge in [-0.2, -0.15) is 8.42 Å². The predicted molar refractivity (Wildman–Crippen MR) is 60.3 cm³/mol. The maximum absolute atomic E-state index is 11.3. The minimum absolute atomic E-state index is 0.0413. The van der Waals surface area contributed by atoms with Crippen molar-refractivity contribution in [2.45, 2.75) is 12.8 Å². The van der Waals surface area contributed by atoms with Gasteiger partial charge >= 0.3 is 0 Å². The summed E-state index contributed by atoms with van der Waals surface area (Å²) in [6.07, 6.45) is 2.68. The first-order valence-electron chi connectivity index (χ1n) is 5.18. The van der Waals surface area contributed by atoms with Crippen LogP contribution in [0.5, 0.6) is 0 Å². The van der Waals surface area contributed by atoms with E-state index in [0.29, 0.717) is 25.9 Å². The van der Waals surface area contributed by atoms with Gasteiger partial charge in [-0.1, -0.05) is 6.58 Å². The van der Waals surface area contributed by atoms with Gasteiger partial charge in [0, 0.05) is 13.1 Å². The van der Waals surface area contributed by atoms with Gasteiger partial charge in [0.15, 0.2) is 0 Å². The molecular formula is C10H17NO4S. The lowest BCUT2D eigenvalue weighted by atomic mass is 9.99. The van der Waals surface area contributed by atoms with E-state index >= 15 is 0 Å². The minimum Gasteiger partial charge on any atom is -0.339 e. The normalized spacial score (nSPS) is 18.4. The topological polar surface area (TPSA) is 63.7 Å². The monoisotopic (exact) mass is 247 g/mol. The maximum atomic E-state index is 11.3. The molecule has 0 N–H and O–H groups in total. The number of carbonyl (C=O) groups is 1. The Balaban J connectivity index is 2.44. The van der Waals surface area contributed by atoms with Crippen LogP contribution in [0.4, 0.5) is 0 Å². The number of rotatable bonds is 4. The third-order valence-electron chi connectivity index (χ3n) is 2.79. The zero-order chi connectivity index (χ0) is 12.2. The van der Waals surface area contributed by atoms with E-state index in [4.69, 9.17) is 0 Å². The van der Waals surface area contributed by atoms with E-state index < -0.39 is 10.1 Å². The van der Waals surface area contributed by atoms with E-state index in [0.717, 1.165) is 0 Å². The molecule has 0 bridgehead atoms. The Morgan fingerprint density at radius 3 is 2.50 bits per heavy atom. The summed E-state index contributed by atoms with van der Waals surface area (Å²) in [6, 6.07) is 0. The van der Waals surface area contributed by atoms with E-state index in [1.54, 1.807) is 4.90 Å². The highest BCUT2D eigenvalue weighted by atomic mass is 32.2. The van der Waals surface area contributed by atoms with E-state index in [1.807, 2.05) is 0 Å². The lowest BCUT2D eigenvalue weighted by Crippen LogP contribution is -2.39. The predicted octanol–water partition coefficient (Wildman–Crippen LogP) is 0.387. The second-order valence-corrected chi connectivity index (χ2v) is 5.65. The molecule has 1 heterocycles. The van der Waals surface area contributed by atoms with E-state index in [2.05, 4.69) is 10.8 Å². The Morgan fingerprint density at radius 1 is 1.50 bits per heavy atom. The number of nitrogens with zero attached hydrogens (tertiary/aromatic N) is 1. The van der Waals surface area contributed by atoms with Crippen LogP contribution in [0.1, 0.15) is 12.8 Å². The third-order valence-corrected chi connectivity index (χ3v) is 4.18. The number of hydrogen-bond donors (Lipinski definition) is 0. The van der Waals surface area contributed by atoms with Crippen LogP contribution < -0.4 is 0 Å². The van der Waals surface area contributed by atoms with Crippen molar-refractivity contribution in [2.75, 3.05) is 26.0 Å². The number of piperidine rings is 1. The highest BCUT2D eigenvalue weighted by Gasteiger charge is 2.25. The highest BCUT2D eigenvalue weighted by molar-refractivity contribution is 7.86. The second kappa shape index (κ2) is 5.45. The van der Waals surface area contributed by atoms with Crippen molar-refractivity contribution in [3.63, 3.8) is 0 Å². The van der Waals surface area contributed by atoms with Gasteiger partial charge in [-0.25, -0.2) is 0 Å². The van der Waals surface area contributed by atoms with Crippen LogP contribution in [-0.4, -0.2) is 45.2 Å². The molecule has 6 heteroatoms. The quantitative estimate of drug-likeness (QED) is 0.532. The van der Waals surface area contributed by atoms with Crippen LogP contribution >= 0.6 is 0 Å². The number of amides is 1. The van der Waals surface area contributed by atoms with Gasteiger partial charge in [0.25, 0.3) is 10.1 Å². The average Bonchev–Trinajstić information content (AvgIpc) is 2.28. The van der Waals surface area contributed by atoms with Crippen molar-refractivity contribution in [3.05, 3.63) is 12.7 Å². The Hall–Kier alpha value is -0.880. The summed E-state index contributed by atoms with van der Waals surface area (Å²) in [5.74, 6) is 0.0338. The molecule has 1 fully saturated rings. The molecule has 0 aromatic rings. The van der Waals surface area contributed by atoms with Gasteiger partial charge in [-0.05, 0) is 24.8 Å². The van der Waals surface area contributed by atoms with Crippen LogP contribution in [0.25, 0.3) is 0 Å². The first-order chi connectivity index (χ1) is 7.48. The Morgan fingerprint density at radius 2 is 2.06 bits per heavy atom. The highest BCUT2D eigenvalue weighted by Crippen LogP contribution is 2.19. The summed E-state index contributed by atoms with van der Waals surface area (Å²) in [5.41, 5.74) is 0. The smallest absolute Gasteiger partial charge is 0.267 e. The SMILES string of the molecule is C=CC(=O)N1CCC(CS(=O)(=O)OC)CC1. The zero-order valence-corrected chi connectivity index (χ0v) is 10.2. The van der Waals surface area contributed by atoms with E-state index in [1.165, 1.54) is 13.2 Å². The molecule has 0 radical (unpaired) electrons. The molecule has 92 valence electrons. The lowest BCUT2D eigenvalue weighted by Gasteiger charge is -2.30. The molecule has 1 amide bonds. The molecule has 1 aliphatic rings. The molecule has 0 saturated carbocycles. The van der Waals surface area contributed by atoms with Crippen LogP contribution in [0.15, 0.2) is 12.7 Å². The number of hydrogen-bond acceptors (Lipinski definition) is 4. The molecule has 0 aromatic carbocycles. The molecule has 1 aliphatic heterocycles. The summed E-state index contributed by atoms with van der Waals surface area (Å²) in [5, 5.41) is 0. The van der Waals surface area contributed by atoms with Gasteiger partial charge in [0.05, 0.1) is 12.9 Å². The fourth-order valence-electron chi connectivity index (χ4n) is 1.81. The fraction of sp³-hybridized carbons (Fsp3) is 0.700. The van der Waals surface area contributed by atoms with Crippen molar-refractivity contribution in [1.29, 1.82) is 0 Å². The molecule has 0 atom stereocenters. The molecule has 0 spiro atoms. The van der Waals surface area contributed by atoms with Gasteiger partial charge < -0.3 is 4.90 Å². The first-order valence-corrected chi connectivity index (χ1v) is 6.76. The fourth-order valence-corrected chi connectivity index (χ4v) is 2.85. The molecule has 1 saturated heterocycles. The second-order valence-electron chi connectivity index (χ2n) is 3.86. The van der Waals surface area contributed by atoms with Crippen molar-refractivity contribution < 1.29 is 17.4 Å². The van der Waals surface area contributed by atoms with E-state index in [9.17, 15) is 13.2 Å². The zero-order valence-electron chi connectivity index (χ0n) is 9.39. The summed E-state index contributed by atoms with van der Waals surface area (Å²) >= 11 is 0. The molecule has 5 nitrogen and oxygen atoms in total. The van der Waals surface area contributed by atoms with Crippen LogP contribution in [-0.2, 0) is 19.1 Å². The lowest BCUT2D eigenvalue weighted by molar-refractivity contribution is -0.127.